The number of rotatable bonds is 39. The van der Waals surface area contributed by atoms with Gasteiger partial charge in [-0.05, 0) is 20.8 Å². The van der Waals surface area contributed by atoms with Gasteiger partial charge in [-0.25, -0.2) is 4.79 Å². The van der Waals surface area contributed by atoms with Crippen LogP contribution in [0.1, 0.15) is 20.8 Å². The normalized spacial score (nSPS) is 13.1. The molecule has 0 fully saturated rings. The highest BCUT2D eigenvalue weighted by Gasteiger charge is 2.22. The van der Waals surface area contributed by atoms with E-state index in [1.165, 1.54) is 12.2 Å². The van der Waals surface area contributed by atoms with Gasteiger partial charge in [0.05, 0.1) is 165 Å². The van der Waals surface area contributed by atoms with Crippen molar-refractivity contribution in [3.05, 3.63) is 12.2 Å². The Kier molecular flexibility index (Phi) is 32.5. The predicted octanol–water partition coefficient (Wildman–Crippen LogP) is 0.635. The number of nitrogens with one attached hydrogen (secondary N) is 1. The number of hydrogen-bond acceptors (Lipinski definition) is 16. The van der Waals surface area contributed by atoms with Gasteiger partial charge in [-0.3, -0.25) is 14.5 Å². The maximum atomic E-state index is 11.5. The van der Waals surface area contributed by atoms with Crippen molar-refractivity contribution in [3.63, 3.8) is 0 Å². The molecule has 1 heterocycles. The van der Waals surface area contributed by atoms with Gasteiger partial charge in [0.2, 0.25) is 0 Å². The van der Waals surface area contributed by atoms with Crippen LogP contribution in [0.5, 0.6) is 0 Å². The highest BCUT2D eigenvalue weighted by Crippen LogP contribution is 2.06. The van der Waals surface area contributed by atoms with E-state index in [4.69, 9.17) is 61.6 Å². The monoisotopic (exact) mass is 768 g/mol. The Morgan fingerprint density at radius 1 is 0.453 bits per heavy atom. The second-order valence-corrected chi connectivity index (χ2v) is 11.9. The highest BCUT2D eigenvalue weighted by molar-refractivity contribution is 6.12. The number of alkyl carbamates (subject to hydrolysis) is 1. The molecule has 0 bridgehead atoms. The molecule has 18 heteroatoms. The van der Waals surface area contributed by atoms with E-state index in [2.05, 4.69) is 5.32 Å². The lowest BCUT2D eigenvalue weighted by molar-refractivity contribution is -0.137. The summed E-state index contributed by atoms with van der Waals surface area (Å²) in [6.07, 6.45) is 2.05. The molecule has 0 aromatic carbocycles. The molecule has 0 atom stereocenters. The molecule has 0 spiro atoms. The summed E-state index contributed by atoms with van der Waals surface area (Å²) in [6.45, 7) is 16.8. The van der Waals surface area contributed by atoms with Gasteiger partial charge in [0.25, 0.3) is 11.8 Å². The van der Waals surface area contributed by atoms with Gasteiger partial charge >= 0.3 is 6.09 Å². The SMILES string of the molecule is CC(C)(C)OC(=O)NCCOCCOCCOCCOCCOCCOCCOCCOCCOCCOCCOCCOCCN1C(=O)C=CC1=O. The van der Waals surface area contributed by atoms with Crippen LogP contribution in [0.15, 0.2) is 12.2 Å². The molecule has 0 saturated carbocycles. The largest absolute Gasteiger partial charge is 0.444 e. The molecule has 1 N–H and O–H groups in total. The van der Waals surface area contributed by atoms with Gasteiger partial charge in [0.15, 0.2) is 0 Å². The summed E-state index contributed by atoms with van der Waals surface area (Å²) in [5, 5.41) is 2.63. The summed E-state index contributed by atoms with van der Waals surface area (Å²) in [5.74, 6) is -0.621. The Labute approximate surface area is 314 Å². The zero-order valence-electron chi connectivity index (χ0n) is 32.0. The van der Waals surface area contributed by atoms with Gasteiger partial charge in [0, 0.05) is 18.7 Å². The van der Waals surface area contributed by atoms with Crippen molar-refractivity contribution in [1.82, 2.24) is 10.2 Å². The van der Waals surface area contributed by atoms with Gasteiger partial charge in [-0.2, -0.15) is 0 Å². The van der Waals surface area contributed by atoms with E-state index in [-0.39, 0.29) is 25.0 Å². The summed E-state index contributed by atoms with van der Waals surface area (Å²) in [4.78, 5) is 35.5. The van der Waals surface area contributed by atoms with Crippen molar-refractivity contribution in [2.45, 2.75) is 26.4 Å². The first kappa shape index (κ1) is 48.7. The van der Waals surface area contributed by atoms with Crippen LogP contribution in [0.3, 0.4) is 0 Å². The van der Waals surface area contributed by atoms with Crippen molar-refractivity contribution >= 4 is 17.9 Å². The zero-order valence-corrected chi connectivity index (χ0v) is 32.0. The molecule has 3 amide bonds. The number of nitrogens with zero attached hydrogens (tertiary/aromatic N) is 1. The molecule has 18 nitrogen and oxygen atoms in total. The highest BCUT2D eigenvalue weighted by atomic mass is 16.6. The number of amides is 3. The second-order valence-electron chi connectivity index (χ2n) is 11.9. The van der Waals surface area contributed by atoms with Crippen molar-refractivity contribution in [2.75, 3.05) is 172 Å². The van der Waals surface area contributed by atoms with Crippen LogP contribution in [0, 0.1) is 0 Å². The van der Waals surface area contributed by atoms with E-state index in [0.717, 1.165) is 4.90 Å². The van der Waals surface area contributed by atoms with Crippen LogP contribution < -0.4 is 5.32 Å². The molecule has 1 aliphatic rings. The van der Waals surface area contributed by atoms with Crippen LogP contribution in [-0.4, -0.2) is 200 Å². The first-order valence-electron chi connectivity index (χ1n) is 18.2. The van der Waals surface area contributed by atoms with E-state index in [9.17, 15) is 14.4 Å². The summed E-state index contributed by atoms with van der Waals surface area (Å²) in [6, 6.07) is 0. The first-order chi connectivity index (χ1) is 25.8. The van der Waals surface area contributed by atoms with E-state index in [1.54, 1.807) is 0 Å². The van der Waals surface area contributed by atoms with Crippen molar-refractivity contribution in [2.24, 2.45) is 0 Å². The van der Waals surface area contributed by atoms with Gasteiger partial charge < -0.3 is 66.9 Å². The average Bonchev–Trinajstić information content (AvgIpc) is 3.44. The molecule has 53 heavy (non-hydrogen) atoms. The fraction of sp³-hybridized carbons (Fsp3) is 0.857. The third-order valence-corrected chi connectivity index (χ3v) is 6.37. The minimum absolute atomic E-state index is 0.234. The molecule has 1 rings (SSSR count). The number of hydrogen-bond donors (Lipinski definition) is 1. The van der Waals surface area contributed by atoms with Gasteiger partial charge in [-0.1, -0.05) is 0 Å². The summed E-state index contributed by atoms with van der Waals surface area (Å²) >= 11 is 0. The zero-order chi connectivity index (χ0) is 38.5. The van der Waals surface area contributed by atoms with Crippen LogP contribution in [0.2, 0.25) is 0 Å². The molecule has 0 aromatic rings. The molecule has 310 valence electrons. The van der Waals surface area contributed by atoms with E-state index >= 15 is 0 Å². The Morgan fingerprint density at radius 2 is 0.698 bits per heavy atom. The third kappa shape index (κ3) is 33.9. The van der Waals surface area contributed by atoms with Crippen molar-refractivity contribution in [1.29, 1.82) is 0 Å². The van der Waals surface area contributed by atoms with E-state index in [0.29, 0.717) is 159 Å². The standard InChI is InChI=1S/C35H64N2O16/c1-35(2,3)53-34(40)36-6-8-41-10-12-43-14-16-45-18-20-47-22-24-49-26-28-51-30-31-52-29-27-50-25-23-48-21-19-46-17-15-44-13-11-42-9-7-37-32(38)4-5-33(37)39/h4-5H,6-31H2,1-3H3,(H,36,40). The molecular weight excluding hydrogens is 704 g/mol. The molecule has 0 aliphatic carbocycles. The fourth-order valence-electron chi connectivity index (χ4n) is 3.87. The van der Waals surface area contributed by atoms with Gasteiger partial charge in [-0.15, -0.1) is 0 Å². The maximum absolute atomic E-state index is 11.5. The summed E-state index contributed by atoms with van der Waals surface area (Å²) in [7, 11) is 0. The molecule has 0 radical (unpaired) electrons. The molecule has 0 saturated heterocycles. The Morgan fingerprint density at radius 3 is 0.962 bits per heavy atom. The number of ether oxygens (including phenoxy) is 13. The molecular formula is C35H64N2O16. The van der Waals surface area contributed by atoms with Crippen LogP contribution in [0.25, 0.3) is 0 Å². The number of imide groups is 1. The molecule has 0 aromatic heterocycles. The average molecular weight is 769 g/mol. The molecule has 1 aliphatic heterocycles. The van der Waals surface area contributed by atoms with E-state index < -0.39 is 11.7 Å². The van der Waals surface area contributed by atoms with Crippen LogP contribution >= 0.6 is 0 Å². The Balaban J connectivity index is 1.63. The smallest absolute Gasteiger partial charge is 0.407 e. The van der Waals surface area contributed by atoms with Gasteiger partial charge in [0.1, 0.15) is 5.60 Å². The second kappa shape index (κ2) is 35.4. The van der Waals surface area contributed by atoms with Crippen LogP contribution in [-0.2, 0) is 71.2 Å². The summed E-state index contributed by atoms with van der Waals surface area (Å²) < 4.78 is 70.5. The third-order valence-electron chi connectivity index (χ3n) is 6.37. The van der Waals surface area contributed by atoms with Crippen molar-refractivity contribution < 1.29 is 76.0 Å². The predicted molar refractivity (Wildman–Crippen MR) is 190 cm³/mol. The topological polar surface area (TPSA) is 186 Å². The lowest BCUT2D eigenvalue weighted by atomic mass is 10.2. The minimum atomic E-state index is -0.518. The number of carbonyl (C=O) groups is 3. The lowest BCUT2D eigenvalue weighted by Crippen LogP contribution is -2.34. The molecule has 0 unspecified atom stereocenters. The minimum Gasteiger partial charge on any atom is -0.444 e. The Bertz CT molecular complexity index is 903. The maximum Gasteiger partial charge on any atom is 0.407 e. The quantitative estimate of drug-likeness (QED) is 0.0678. The lowest BCUT2D eigenvalue weighted by Gasteiger charge is -2.19. The first-order valence-corrected chi connectivity index (χ1v) is 18.2. The van der Waals surface area contributed by atoms with E-state index in [1.807, 2.05) is 20.8 Å². The summed E-state index contributed by atoms with van der Waals surface area (Å²) in [5.41, 5.74) is -0.518. The fourth-order valence-corrected chi connectivity index (χ4v) is 3.87. The van der Waals surface area contributed by atoms with Crippen LogP contribution in [0.4, 0.5) is 4.79 Å². The Hall–Kier alpha value is -2.33. The number of carbonyl (C=O) groups excluding carboxylic acids is 3. The van der Waals surface area contributed by atoms with Crippen molar-refractivity contribution in [3.8, 4) is 0 Å².